The number of rotatable bonds is 1. The van der Waals surface area contributed by atoms with Crippen LogP contribution < -0.4 is 4.57 Å². The van der Waals surface area contributed by atoms with Gasteiger partial charge in [-0.2, -0.15) is 0 Å². The van der Waals surface area contributed by atoms with Gasteiger partial charge in [-0.3, -0.25) is 0 Å². The fraction of sp³-hybridized carbons (Fsp3) is 0.179. The molecule has 0 fully saturated rings. The van der Waals surface area contributed by atoms with Crippen molar-refractivity contribution in [1.29, 1.82) is 0 Å². The zero-order valence-corrected chi connectivity index (χ0v) is 16.8. The fourth-order valence-electron chi connectivity index (χ4n) is 4.81. The molecule has 0 saturated heterocycles. The molecule has 0 bridgehead atoms. The zero-order chi connectivity index (χ0) is 25.6. The van der Waals surface area contributed by atoms with Crippen molar-refractivity contribution in [2.24, 2.45) is 7.05 Å². The molecule has 2 nitrogen and oxygen atoms in total. The molecule has 5 aromatic rings. The Bertz CT molecular complexity index is 1680. The molecule has 0 spiro atoms. The highest BCUT2D eigenvalue weighted by atomic mass is 16.3. The molecule has 146 valence electrons. The third-order valence-corrected chi connectivity index (χ3v) is 6.32. The maximum atomic E-state index is 8.45. The predicted molar refractivity (Wildman–Crippen MR) is 123 cm³/mol. The lowest BCUT2D eigenvalue weighted by molar-refractivity contribution is -0.660. The summed E-state index contributed by atoms with van der Waals surface area (Å²) in [7, 11) is 1.97. The van der Waals surface area contributed by atoms with E-state index in [1.165, 1.54) is 0 Å². The number of aromatic nitrogens is 1. The van der Waals surface area contributed by atoms with Crippen LogP contribution in [0.3, 0.4) is 0 Å². The van der Waals surface area contributed by atoms with Crippen LogP contribution in [0.1, 0.15) is 38.6 Å². The molecule has 0 saturated carbocycles. The first-order chi connectivity index (χ1) is 17.0. The summed E-state index contributed by atoms with van der Waals surface area (Å²) in [5.74, 6) is 0. The van der Waals surface area contributed by atoms with Gasteiger partial charge in [0.2, 0.25) is 5.69 Å². The number of pyridine rings is 1. The van der Waals surface area contributed by atoms with Gasteiger partial charge in [0.1, 0.15) is 18.2 Å². The number of furan rings is 1. The van der Waals surface area contributed by atoms with Crippen molar-refractivity contribution < 1.29 is 17.2 Å². The monoisotopic (exact) mass is 396 g/mol. The van der Waals surface area contributed by atoms with E-state index in [2.05, 4.69) is 6.07 Å². The quantitative estimate of drug-likeness (QED) is 0.288. The van der Waals surface area contributed by atoms with Crippen molar-refractivity contribution in [3.05, 3.63) is 89.6 Å². The van der Waals surface area contributed by atoms with Crippen molar-refractivity contribution in [3.63, 3.8) is 0 Å². The van der Waals surface area contributed by atoms with Crippen LogP contribution in [0.25, 0.3) is 44.3 Å². The topological polar surface area (TPSA) is 17.0 Å². The SMILES string of the molecule is [2H]C([2H])([2H])C1(C([2H])([2H])[2H])c2ccccc2-c2cc3c(cc21)oc1c(-c2cccc[n+]2C)c(C)ccc13. The second-order valence-corrected chi connectivity index (χ2v) is 8.12. The second kappa shape index (κ2) is 5.82. The first kappa shape index (κ1) is 12.3. The molecule has 6 rings (SSSR count). The van der Waals surface area contributed by atoms with Crippen LogP contribution in [0.2, 0.25) is 0 Å². The Hall–Kier alpha value is -3.39. The van der Waals surface area contributed by atoms with Crippen molar-refractivity contribution in [1.82, 2.24) is 0 Å². The number of aryl methyl sites for hydroxylation is 2. The van der Waals surface area contributed by atoms with Crippen LogP contribution in [0.5, 0.6) is 0 Å². The summed E-state index contributed by atoms with van der Waals surface area (Å²) in [4.78, 5) is 0. The lowest BCUT2D eigenvalue weighted by Crippen LogP contribution is -2.30. The van der Waals surface area contributed by atoms with Crippen molar-refractivity contribution >= 4 is 21.9 Å². The highest BCUT2D eigenvalue weighted by Gasteiger charge is 2.36. The van der Waals surface area contributed by atoms with Gasteiger partial charge in [0.05, 0.1) is 5.56 Å². The minimum Gasteiger partial charge on any atom is -0.455 e. The number of fused-ring (bicyclic) bond motifs is 6. The van der Waals surface area contributed by atoms with Crippen LogP contribution in [-0.2, 0) is 12.5 Å². The summed E-state index contributed by atoms with van der Waals surface area (Å²) in [5, 5.41) is 1.72. The van der Waals surface area contributed by atoms with Crippen LogP contribution in [0.4, 0.5) is 0 Å². The fourth-order valence-corrected chi connectivity index (χ4v) is 4.81. The molecule has 2 aromatic heterocycles. The molecule has 0 atom stereocenters. The standard InChI is InChI=1S/C28H24NO/c1-17-12-13-19-21-15-20-18-9-5-6-10-22(18)28(2,3)23(20)16-25(21)30-27(19)26(17)24-11-7-8-14-29(24)4/h5-16H,1-4H3/q+1/i2D3,3D3. The number of benzene rings is 3. The normalized spacial score (nSPS) is 18.1. The molecule has 2 heteroatoms. The lowest BCUT2D eigenvalue weighted by Gasteiger charge is -2.21. The Morgan fingerprint density at radius 1 is 0.867 bits per heavy atom. The highest BCUT2D eigenvalue weighted by molar-refractivity contribution is 6.11. The van der Waals surface area contributed by atoms with Gasteiger partial charge in [0, 0.05) is 36.5 Å². The molecule has 2 heterocycles. The van der Waals surface area contributed by atoms with E-state index in [0.717, 1.165) is 27.6 Å². The highest BCUT2D eigenvalue weighted by Crippen LogP contribution is 2.51. The largest absolute Gasteiger partial charge is 0.455 e. The molecule has 0 radical (unpaired) electrons. The maximum Gasteiger partial charge on any atom is 0.216 e. The van der Waals surface area contributed by atoms with Gasteiger partial charge in [-0.1, -0.05) is 50.1 Å². The molecule has 0 N–H and O–H groups in total. The van der Waals surface area contributed by atoms with Crippen molar-refractivity contribution in [2.75, 3.05) is 0 Å². The predicted octanol–water partition coefficient (Wildman–Crippen LogP) is 6.69. The van der Waals surface area contributed by atoms with Gasteiger partial charge < -0.3 is 4.42 Å². The number of nitrogens with zero attached hydrogens (tertiary/aromatic N) is 1. The van der Waals surface area contributed by atoms with Gasteiger partial charge in [0.15, 0.2) is 6.20 Å². The van der Waals surface area contributed by atoms with Crippen LogP contribution in [0, 0.1) is 6.92 Å². The molecule has 0 unspecified atom stereocenters. The third-order valence-electron chi connectivity index (χ3n) is 6.32. The molecule has 1 aliphatic rings. The minimum atomic E-state index is -2.81. The zero-order valence-electron chi connectivity index (χ0n) is 22.8. The Kier molecular flexibility index (Phi) is 2.39. The molecule has 1 aliphatic carbocycles. The molecule has 30 heavy (non-hydrogen) atoms. The molecular weight excluding hydrogens is 366 g/mol. The van der Waals surface area contributed by atoms with Gasteiger partial charge in [-0.25, -0.2) is 4.57 Å². The molecule has 0 amide bonds. The summed E-state index contributed by atoms with van der Waals surface area (Å²) in [6.45, 7) is -3.59. The number of hydrogen-bond donors (Lipinski definition) is 0. The molecular formula is C28H24NO+. The van der Waals surface area contributed by atoms with Crippen molar-refractivity contribution in [3.8, 4) is 22.4 Å². The van der Waals surface area contributed by atoms with E-state index in [0.29, 0.717) is 27.9 Å². The summed E-state index contributed by atoms with van der Waals surface area (Å²) in [5.41, 5.74) is 3.82. The van der Waals surface area contributed by atoms with E-state index in [4.69, 9.17) is 12.6 Å². The van der Waals surface area contributed by atoms with E-state index in [-0.39, 0.29) is 5.56 Å². The van der Waals surface area contributed by atoms with E-state index in [1.54, 1.807) is 24.3 Å². The van der Waals surface area contributed by atoms with E-state index in [9.17, 15) is 0 Å². The molecule has 0 aliphatic heterocycles. The van der Waals surface area contributed by atoms with Crippen molar-refractivity contribution in [2.45, 2.75) is 26.0 Å². The first-order valence-corrected chi connectivity index (χ1v) is 10.0. The average Bonchev–Trinajstić information content (AvgIpc) is 3.30. The lowest BCUT2D eigenvalue weighted by atomic mass is 9.82. The van der Waals surface area contributed by atoms with Crippen LogP contribution in [0.15, 0.2) is 77.3 Å². The van der Waals surface area contributed by atoms with Gasteiger partial charge >= 0.3 is 0 Å². The van der Waals surface area contributed by atoms with Gasteiger partial charge in [0.25, 0.3) is 0 Å². The van der Waals surface area contributed by atoms with E-state index >= 15 is 0 Å². The first-order valence-electron chi connectivity index (χ1n) is 13.0. The summed E-state index contributed by atoms with van der Waals surface area (Å²) >= 11 is 0. The minimum absolute atomic E-state index is 0.263. The number of hydrogen-bond acceptors (Lipinski definition) is 1. The average molecular weight is 397 g/mol. The summed E-state index contributed by atoms with van der Waals surface area (Å²) in [6, 6.07) is 20.5. The summed E-state index contributed by atoms with van der Waals surface area (Å²) in [6.07, 6.45) is 1.97. The van der Waals surface area contributed by atoms with Gasteiger partial charge in [-0.05, 0) is 52.9 Å². The Morgan fingerprint density at radius 2 is 1.70 bits per heavy atom. The van der Waals surface area contributed by atoms with E-state index < -0.39 is 19.1 Å². The Morgan fingerprint density at radius 3 is 2.53 bits per heavy atom. The van der Waals surface area contributed by atoms with Gasteiger partial charge in [-0.15, -0.1) is 0 Å². The van der Waals surface area contributed by atoms with Crippen LogP contribution >= 0.6 is 0 Å². The Balaban J connectivity index is 1.76. The second-order valence-electron chi connectivity index (χ2n) is 8.12. The van der Waals surface area contributed by atoms with E-state index in [1.807, 2.05) is 61.1 Å². The Labute approximate surface area is 184 Å². The maximum absolute atomic E-state index is 8.45. The van der Waals surface area contributed by atoms with Crippen LogP contribution in [-0.4, -0.2) is 0 Å². The third kappa shape index (κ3) is 2.16. The summed E-state index contributed by atoms with van der Waals surface area (Å²) < 4.78 is 59.2. The smallest absolute Gasteiger partial charge is 0.216 e. The molecule has 3 aromatic carbocycles.